The van der Waals surface area contributed by atoms with Gasteiger partial charge in [-0.15, -0.1) is 0 Å². The molecule has 0 aliphatic carbocycles. The highest BCUT2D eigenvalue weighted by atomic mass is 16.4. The number of unbranched alkanes of at least 4 members (excludes halogenated alkanes) is 1. The number of amides is 1. The summed E-state index contributed by atoms with van der Waals surface area (Å²) in [5, 5.41) is 29.4. The minimum atomic E-state index is -1.13. The number of aliphatic hydroxyl groups is 2. The Balaban J connectivity index is 2.41. The smallest absolute Gasteiger partial charge is 0.326 e. The number of aliphatic hydroxyl groups excluding tert-OH is 2. The molecular weight excluding hydrogens is 298 g/mol. The number of rotatable bonds is 7. The lowest BCUT2D eigenvalue weighted by Crippen LogP contribution is -2.49. The molecule has 6 heteroatoms. The molecule has 6 nitrogen and oxygen atoms in total. The summed E-state index contributed by atoms with van der Waals surface area (Å²) >= 11 is 0. The van der Waals surface area contributed by atoms with Crippen molar-refractivity contribution in [2.75, 3.05) is 6.61 Å². The molecule has 1 aromatic carbocycles. The van der Waals surface area contributed by atoms with Gasteiger partial charge in [0.1, 0.15) is 6.04 Å². The zero-order chi connectivity index (χ0) is 17.0. The van der Waals surface area contributed by atoms with Gasteiger partial charge in [-0.3, -0.25) is 4.79 Å². The molecule has 2 atom stereocenters. The lowest BCUT2D eigenvalue weighted by Gasteiger charge is -2.30. The average Bonchev–Trinajstić information content (AvgIpc) is 2.80. The van der Waals surface area contributed by atoms with E-state index >= 15 is 0 Å². The zero-order valence-electron chi connectivity index (χ0n) is 13.0. The Bertz CT molecular complexity index is 611. The Kier molecular flexibility index (Phi) is 5.39. The Morgan fingerprint density at radius 1 is 1.30 bits per heavy atom. The van der Waals surface area contributed by atoms with Gasteiger partial charge in [-0.1, -0.05) is 50.1 Å². The van der Waals surface area contributed by atoms with Crippen molar-refractivity contribution in [2.24, 2.45) is 0 Å². The summed E-state index contributed by atoms with van der Waals surface area (Å²) < 4.78 is 0. The number of nitrogens with zero attached hydrogens (tertiary/aromatic N) is 1. The zero-order valence-corrected chi connectivity index (χ0v) is 13.0. The first-order valence-corrected chi connectivity index (χ1v) is 7.67. The second kappa shape index (κ2) is 7.28. The van der Waals surface area contributed by atoms with Crippen LogP contribution < -0.4 is 0 Å². The average molecular weight is 319 g/mol. The molecule has 2 rings (SSSR count). The van der Waals surface area contributed by atoms with Gasteiger partial charge in [0.15, 0.2) is 5.76 Å². The number of aliphatic carboxylic acids is 1. The highest BCUT2D eigenvalue weighted by Gasteiger charge is 2.45. The fourth-order valence-corrected chi connectivity index (χ4v) is 2.94. The molecular formula is C17H21NO5. The van der Waals surface area contributed by atoms with Gasteiger partial charge in [0, 0.05) is 5.57 Å². The third kappa shape index (κ3) is 3.22. The number of carboxylic acids is 1. The summed E-state index contributed by atoms with van der Waals surface area (Å²) in [6.45, 7) is 1.48. The Labute approximate surface area is 134 Å². The van der Waals surface area contributed by atoms with E-state index < -0.39 is 36.3 Å². The van der Waals surface area contributed by atoms with E-state index in [0.717, 1.165) is 11.3 Å². The van der Waals surface area contributed by atoms with E-state index in [4.69, 9.17) is 0 Å². The van der Waals surface area contributed by atoms with E-state index in [0.29, 0.717) is 12.0 Å². The Morgan fingerprint density at radius 2 is 1.96 bits per heavy atom. The lowest BCUT2D eigenvalue weighted by atomic mass is 9.98. The minimum Gasteiger partial charge on any atom is -0.503 e. The Morgan fingerprint density at radius 3 is 2.48 bits per heavy atom. The van der Waals surface area contributed by atoms with E-state index in [1.165, 1.54) is 0 Å². The highest BCUT2D eigenvalue weighted by Crippen LogP contribution is 2.34. The maximum atomic E-state index is 12.4. The van der Waals surface area contributed by atoms with Crippen LogP contribution in [0.5, 0.6) is 0 Å². The first-order valence-electron chi connectivity index (χ1n) is 7.67. The van der Waals surface area contributed by atoms with Crippen LogP contribution in [0.1, 0.15) is 31.7 Å². The number of hydrogen-bond donors (Lipinski definition) is 3. The van der Waals surface area contributed by atoms with E-state index in [2.05, 4.69) is 0 Å². The molecule has 0 saturated heterocycles. The van der Waals surface area contributed by atoms with Crippen LogP contribution >= 0.6 is 0 Å². The first kappa shape index (κ1) is 17.0. The lowest BCUT2D eigenvalue weighted by molar-refractivity contribution is -0.150. The highest BCUT2D eigenvalue weighted by molar-refractivity contribution is 6.06. The molecule has 1 aromatic rings. The van der Waals surface area contributed by atoms with E-state index in [1.54, 1.807) is 30.3 Å². The van der Waals surface area contributed by atoms with Crippen molar-refractivity contribution in [2.45, 2.75) is 38.3 Å². The molecule has 2 unspecified atom stereocenters. The third-order valence-corrected chi connectivity index (χ3v) is 4.07. The molecule has 23 heavy (non-hydrogen) atoms. The number of carboxylic acid groups (broad SMARTS) is 1. The fraction of sp³-hybridized carbons (Fsp3) is 0.412. The predicted octanol–water partition coefficient (Wildman–Crippen LogP) is 1.80. The number of carbonyl (C=O) groups excluding carboxylic acids is 1. The van der Waals surface area contributed by atoms with Crippen LogP contribution in [-0.4, -0.2) is 50.8 Å². The summed E-state index contributed by atoms with van der Waals surface area (Å²) in [5.74, 6) is -2.36. The number of benzene rings is 1. The van der Waals surface area contributed by atoms with Crippen LogP contribution in [-0.2, 0) is 9.59 Å². The van der Waals surface area contributed by atoms with Crippen LogP contribution in [0.25, 0.3) is 5.57 Å². The molecule has 0 radical (unpaired) electrons. The molecule has 0 spiro atoms. The van der Waals surface area contributed by atoms with Crippen LogP contribution in [0.15, 0.2) is 36.1 Å². The maximum Gasteiger partial charge on any atom is 0.326 e. The van der Waals surface area contributed by atoms with Crippen molar-refractivity contribution in [3.05, 3.63) is 41.7 Å². The van der Waals surface area contributed by atoms with Gasteiger partial charge in [-0.25, -0.2) is 4.79 Å². The molecule has 0 bridgehead atoms. The van der Waals surface area contributed by atoms with Gasteiger partial charge >= 0.3 is 5.97 Å². The third-order valence-electron chi connectivity index (χ3n) is 4.07. The van der Waals surface area contributed by atoms with Crippen LogP contribution in [0.4, 0.5) is 0 Å². The van der Waals surface area contributed by atoms with Crippen molar-refractivity contribution in [3.63, 3.8) is 0 Å². The molecule has 0 aromatic heterocycles. The molecule has 124 valence electrons. The van der Waals surface area contributed by atoms with Gasteiger partial charge in [-0.2, -0.15) is 0 Å². The van der Waals surface area contributed by atoms with Gasteiger partial charge in [0.05, 0.1) is 12.6 Å². The Hall–Kier alpha value is -2.34. The maximum absolute atomic E-state index is 12.4. The monoisotopic (exact) mass is 319 g/mol. The standard InChI is InChI=1S/C17H21NO5/c1-2-3-9-12(17(22)23)18-13(10-19)14(15(20)16(18)21)11-7-5-4-6-8-11/h4-8,12-13,19-20H,2-3,9-10H2,1H3,(H,22,23). The molecule has 1 amide bonds. The van der Waals surface area contributed by atoms with Crippen molar-refractivity contribution >= 4 is 17.4 Å². The van der Waals surface area contributed by atoms with E-state index in [-0.39, 0.29) is 12.0 Å². The van der Waals surface area contributed by atoms with Crippen LogP contribution in [0, 0.1) is 0 Å². The second-order valence-electron chi connectivity index (χ2n) is 5.54. The van der Waals surface area contributed by atoms with E-state index in [1.807, 2.05) is 6.92 Å². The molecule has 1 aliphatic heterocycles. The summed E-state index contributed by atoms with van der Waals surface area (Å²) in [5.41, 5.74) is 0.875. The predicted molar refractivity (Wildman–Crippen MR) is 84.7 cm³/mol. The molecule has 1 aliphatic rings. The SMILES string of the molecule is CCCCC(C(=O)O)N1C(=O)C(O)=C(c2ccccc2)C1CO. The van der Waals surface area contributed by atoms with Crippen LogP contribution in [0.3, 0.4) is 0 Å². The minimum absolute atomic E-state index is 0.279. The fourth-order valence-electron chi connectivity index (χ4n) is 2.94. The first-order chi connectivity index (χ1) is 11.0. The number of carbonyl (C=O) groups is 2. The van der Waals surface area contributed by atoms with Crippen LogP contribution in [0.2, 0.25) is 0 Å². The van der Waals surface area contributed by atoms with Crippen molar-refractivity contribution in [1.29, 1.82) is 0 Å². The molecule has 0 saturated carbocycles. The quantitative estimate of drug-likeness (QED) is 0.712. The summed E-state index contributed by atoms with van der Waals surface area (Å²) in [4.78, 5) is 25.1. The van der Waals surface area contributed by atoms with Crippen molar-refractivity contribution < 1.29 is 24.9 Å². The second-order valence-corrected chi connectivity index (χ2v) is 5.54. The normalized spacial score (nSPS) is 19.3. The number of hydrogen-bond acceptors (Lipinski definition) is 4. The molecule has 1 heterocycles. The molecule has 0 fully saturated rings. The van der Waals surface area contributed by atoms with Gasteiger partial charge < -0.3 is 20.2 Å². The molecule has 3 N–H and O–H groups in total. The van der Waals surface area contributed by atoms with Crippen molar-refractivity contribution in [3.8, 4) is 0 Å². The summed E-state index contributed by atoms with van der Waals surface area (Å²) in [7, 11) is 0. The summed E-state index contributed by atoms with van der Waals surface area (Å²) in [6, 6.07) is 6.81. The van der Waals surface area contributed by atoms with Gasteiger partial charge in [0.2, 0.25) is 0 Å². The van der Waals surface area contributed by atoms with Gasteiger partial charge in [-0.05, 0) is 12.0 Å². The largest absolute Gasteiger partial charge is 0.503 e. The van der Waals surface area contributed by atoms with Gasteiger partial charge in [0.25, 0.3) is 5.91 Å². The van der Waals surface area contributed by atoms with E-state index in [9.17, 15) is 24.9 Å². The topological polar surface area (TPSA) is 98.1 Å². The van der Waals surface area contributed by atoms with Crippen molar-refractivity contribution in [1.82, 2.24) is 4.90 Å². The summed E-state index contributed by atoms with van der Waals surface area (Å²) in [6.07, 6.45) is 1.71.